The number of carboxylic acids is 1. The van der Waals surface area contributed by atoms with E-state index >= 15 is 8.78 Å². The first kappa shape index (κ1) is 116. The highest BCUT2D eigenvalue weighted by molar-refractivity contribution is 6.62. The largest absolute Gasteiger partial charge is 0.505 e. The molecule has 1 heterocycles. The van der Waals surface area contributed by atoms with Crippen molar-refractivity contribution in [3.8, 4) is 34.5 Å². The fraction of sp³-hybridized carbons (Fsp3) is 0.500. The number of phenols is 3. The van der Waals surface area contributed by atoms with Gasteiger partial charge in [-0.2, -0.15) is 26.3 Å². The molecule has 1 aliphatic heterocycles. The van der Waals surface area contributed by atoms with Crippen molar-refractivity contribution >= 4 is 48.7 Å². The van der Waals surface area contributed by atoms with Gasteiger partial charge in [-0.1, -0.05) is 121 Å². The molecule has 0 spiro atoms. The third kappa shape index (κ3) is 40.6. The minimum Gasteiger partial charge on any atom is -0.505 e. The number of ether oxygens (including phenoxy) is 4. The smallest absolute Gasteiger partial charge is 0.497 e. The van der Waals surface area contributed by atoms with Crippen LogP contribution in [0.4, 0.5) is 61.5 Å². The van der Waals surface area contributed by atoms with Crippen LogP contribution >= 0.6 is 12.4 Å². The molecule has 3 amide bonds. The second kappa shape index (κ2) is 49.1. The normalized spacial score (nSPS) is 12.9. The summed E-state index contributed by atoms with van der Waals surface area (Å²) in [5.41, 5.74) is 1.90. The number of benzene rings is 7. The molecule has 7 aromatic carbocycles. The molecule has 0 aromatic heterocycles. The van der Waals surface area contributed by atoms with Gasteiger partial charge in [0.25, 0.3) is 17.7 Å². The molecule has 18 nitrogen and oxygen atoms in total. The zero-order valence-electron chi connectivity index (χ0n) is 76.9. The highest BCUT2D eigenvalue weighted by Crippen LogP contribution is 2.39. The summed E-state index contributed by atoms with van der Waals surface area (Å²) >= 11 is 0. The van der Waals surface area contributed by atoms with E-state index in [9.17, 15) is 77.0 Å². The van der Waals surface area contributed by atoms with Crippen LogP contribution in [0.5, 0.6) is 34.5 Å². The van der Waals surface area contributed by atoms with E-state index in [1.165, 1.54) is 49.6 Å². The lowest BCUT2D eigenvalue weighted by molar-refractivity contribution is 0.00578. The summed E-state index contributed by atoms with van der Waals surface area (Å²) in [6, 6.07) is 18.8. The van der Waals surface area contributed by atoms with Gasteiger partial charge in [-0.15, -0.1) is 12.4 Å². The third-order valence-corrected chi connectivity index (χ3v) is 17.0. The molecule has 7 aromatic rings. The number of carbonyl (C=O) groups is 4. The topological polar surface area (TPSA) is 267 Å². The Labute approximate surface area is 738 Å². The number of hydrogen-bond donors (Lipinski definition) is 8. The van der Waals surface area contributed by atoms with Crippen LogP contribution < -0.4 is 41.4 Å². The Morgan fingerprint density at radius 3 is 1.09 bits per heavy atom. The summed E-state index contributed by atoms with van der Waals surface area (Å²) in [5.74, 6) is -22.5. The molecular weight excluding hydrogens is 1700 g/mol. The maximum atomic E-state index is 15.2. The van der Waals surface area contributed by atoms with E-state index in [-0.39, 0.29) is 87.8 Å². The first-order chi connectivity index (χ1) is 56.8. The Bertz CT molecular complexity index is 4630. The van der Waals surface area contributed by atoms with Gasteiger partial charge in [-0.05, 0) is 222 Å². The van der Waals surface area contributed by atoms with Crippen molar-refractivity contribution in [1.29, 1.82) is 0 Å². The predicted octanol–water partition coefficient (Wildman–Crippen LogP) is 22.8. The number of aromatic carboxylic acids is 1. The minimum absolute atomic E-state index is 0. The quantitative estimate of drug-likeness (QED) is 0.0189. The number of rotatable bonds is 21. The Balaban J connectivity index is 0.00000148. The molecule has 0 aliphatic carbocycles. The summed E-state index contributed by atoms with van der Waals surface area (Å²) in [4.78, 5) is 48.1. The Morgan fingerprint density at radius 1 is 0.405 bits per heavy atom. The lowest BCUT2D eigenvalue weighted by Crippen LogP contribution is -2.46. The second-order valence-corrected chi connectivity index (χ2v) is 37.9. The molecule has 1 saturated heterocycles. The zero-order chi connectivity index (χ0) is 97.1. The molecule has 126 heavy (non-hydrogen) atoms. The van der Waals surface area contributed by atoms with Gasteiger partial charge in [0.15, 0.2) is 93.6 Å². The van der Waals surface area contributed by atoms with E-state index in [1.54, 1.807) is 0 Å². The number of hydrogen-bond acceptors (Lipinski definition) is 14. The van der Waals surface area contributed by atoms with Crippen LogP contribution in [0.25, 0.3) is 0 Å². The Morgan fingerprint density at radius 2 is 0.738 bits per heavy atom. The molecule has 1 aliphatic rings. The van der Waals surface area contributed by atoms with Crippen molar-refractivity contribution in [2.45, 2.75) is 252 Å². The molecule has 1 fully saturated rings. The third-order valence-electron chi connectivity index (χ3n) is 17.0. The number of carboxylic acid groups (broad SMARTS) is 1. The number of nitrogens with two attached hydrogens (primary N) is 1. The number of phenolic OH excluding ortho intramolecular Hbond substituents is 2. The van der Waals surface area contributed by atoms with Crippen LogP contribution in [0.1, 0.15) is 260 Å². The molecule has 0 saturated carbocycles. The number of carbonyl (C=O) groups excluding carboxylic acids is 3. The minimum atomic E-state index is -1.55. The van der Waals surface area contributed by atoms with Gasteiger partial charge in [0.1, 0.15) is 5.56 Å². The number of halogens is 15. The number of aromatic hydroxyl groups is 3. The summed E-state index contributed by atoms with van der Waals surface area (Å²) in [5, 5.41) is 43.6. The second-order valence-electron chi connectivity index (χ2n) is 37.9. The van der Waals surface area contributed by atoms with Gasteiger partial charge in [0.2, 0.25) is 29.1 Å². The van der Waals surface area contributed by atoms with Crippen LogP contribution in [0, 0.1) is 103 Å². The molecule has 0 atom stereocenters. The number of amides is 3. The first-order valence-corrected chi connectivity index (χ1v) is 39.9. The SMILES string of the molecule is CC(C)(C)CC(C)(C)N.CC(C)(C)CC(C)(C)NC(=O)c1ccc(F)c(F)c1O.CCCOc1c(C(=O)NC(C)(C)CC(C)(C)C)cc(B2OC(C)(C)C(C)(C)O2)c(F)c1F.CCCOc1c(C(=O)NC(C)(C)CC(C)(C)C)ccc(F)c1F.COCOc1cccc(F)c1F.Cl.Fc1ccccc1F.O=C(O)c1ccc(F)c(F)c1O.Oc1cccc(F)c1F. The fourth-order valence-electron chi connectivity index (χ4n) is 13.0. The van der Waals surface area contributed by atoms with Crippen molar-refractivity contribution in [2.24, 2.45) is 27.4 Å². The molecule has 706 valence electrons. The van der Waals surface area contributed by atoms with Gasteiger partial charge < -0.3 is 70.4 Å². The van der Waals surface area contributed by atoms with E-state index in [0.717, 1.165) is 67.4 Å². The first-order valence-electron chi connectivity index (χ1n) is 39.9. The Hall–Kier alpha value is -9.57. The van der Waals surface area contributed by atoms with Crippen LogP contribution in [0.2, 0.25) is 0 Å². The fourth-order valence-corrected chi connectivity index (χ4v) is 13.0. The van der Waals surface area contributed by atoms with Crippen LogP contribution in [-0.2, 0) is 14.0 Å². The molecule has 0 unspecified atom stereocenters. The standard InChI is InChI=1S/C24H38BF2NO4.C18H27F2NO2.C15H21F2NO2.C8H8F2O2.C8H19N.C7H4F2O3.C6H4F2O.C6H4F2.ClH/c1-11-12-30-19-15(20(29)28-22(5,6)14-21(2,3)4)13-16(17(26)18(19)27)25-31-23(7,8)24(9,10)32-25;1-7-10-23-15-12(8-9-13(19)14(15)20)16(22)21-18(5,6)11-17(2,3)4;1-14(2,3)8-15(4,5)18-13(20)9-6-7-10(16)11(17)12(9)19;1-11-5-12-7-4-2-3-6(9)8(7)10;1-7(2,3)6-8(4,5)9;8-4-2-1-3(7(11)12)6(10)5(4)9;7-4-2-1-3-5(9)6(4)8;7-5-3-1-2-4-6(5)8;/h13H,11-12,14H2,1-10H3,(H,28,29);8-9H,7,10-11H2,1-6H3,(H,21,22);6-7,19H,8H2,1-5H3,(H,18,20);2-4H,5H2,1H3;6,9H2,1-5H3;1-2,10H,(H,11,12);1-3,9H;1-4H;1H. The van der Waals surface area contributed by atoms with Crippen molar-refractivity contribution in [1.82, 2.24) is 16.0 Å². The van der Waals surface area contributed by atoms with Gasteiger partial charge >= 0.3 is 13.1 Å². The molecule has 9 N–H and O–H groups in total. The summed E-state index contributed by atoms with van der Waals surface area (Å²) in [7, 11) is 0.251. The van der Waals surface area contributed by atoms with E-state index < -0.39 is 169 Å². The van der Waals surface area contributed by atoms with E-state index in [2.05, 4.69) is 96.8 Å². The maximum Gasteiger partial charge on any atom is 0.497 e. The summed E-state index contributed by atoms with van der Waals surface area (Å²) in [6.07, 6.45) is 4.39. The van der Waals surface area contributed by atoms with Gasteiger partial charge in [0.05, 0.1) is 41.1 Å². The number of methoxy groups -OCH3 is 1. The van der Waals surface area contributed by atoms with Gasteiger partial charge in [0, 0.05) is 34.7 Å². The highest BCUT2D eigenvalue weighted by atomic mass is 35.5. The number of nitrogens with one attached hydrogen (secondary N) is 3. The maximum absolute atomic E-state index is 15.2. The molecular formula is C92H126BClF14N4O14. The summed E-state index contributed by atoms with van der Waals surface area (Å²) < 4.78 is 214. The predicted molar refractivity (Wildman–Crippen MR) is 463 cm³/mol. The molecule has 0 radical (unpaired) electrons. The summed E-state index contributed by atoms with van der Waals surface area (Å²) in [6.45, 7) is 51.9. The van der Waals surface area contributed by atoms with Crippen molar-refractivity contribution in [3.05, 3.63) is 207 Å². The monoisotopic (exact) mass is 1820 g/mol. The van der Waals surface area contributed by atoms with Crippen molar-refractivity contribution < 1.29 is 129 Å². The van der Waals surface area contributed by atoms with Gasteiger partial charge in [-0.3, -0.25) is 14.4 Å². The van der Waals surface area contributed by atoms with E-state index in [1.807, 2.05) is 104 Å². The lowest BCUT2D eigenvalue weighted by atomic mass is 9.77. The van der Waals surface area contributed by atoms with Crippen LogP contribution in [-0.4, -0.2) is 112 Å². The van der Waals surface area contributed by atoms with Gasteiger partial charge in [-0.25, -0.2) is 39.9 Å². The zero-order valence-corrected chi connectivity index (χ0v) is 77.7. The van der Waals surface area contributed by atoms with Crippen molar-refractivity contribution in [3.63, 3.8) is 0 Å². The van der Waals surface area contributed by atoms with Crippen molar-refractivity contribution in [2.75, 3.05) is 27.1 Å². The van der Waals surface area contributed by atoms with Crippen LogP contribution in [0.15, 0.2) is 103 Å². The molecule has 0 bridgehead atoms. The lowest BCUT2D eigenvalue weighted by Gasteiger charge is -2.33. The Kier molecular flexibility index (Phi) is 45.4. The van der Waals surface area contributed by atoms with E-state index in [4.69, 9.17) is 44.6 Å². The average Bonchev–Trinajstić information content (AvgIpc) is 1.59. The van der Waals surface area contributed by atoms with E-state index in [0.29, 0.717) is 37.2 Å². The molecule has 8 rings (SSSR count). The highest BCUT2D eigenvalue weighted by Gasteiger charge is 2.53. The molecule has 34 heteroatoms. The average molecular weight is 1820 g/mol. The van der Waals surface area contributed by atoms with Crippen LogP contribution in [0.3, 0.4) is 0 Å².